The monoisotopic (exact) mass is 371 g/mol. The summed E-state index contributed by atoms with van der Waals surface area (Å²) in [5.41, 5.74) is 1.44. The molecule has 1 aliphatic heterocycles. The van der Waals surface area contributed by atoms with Crippen LogP contribution in [-0.2, 0) is 11.2 Å². The number of rotatable bonds is 5. The third kappa shape index (κ3) is 4.99. The lowest BCUT2D eigenvalue weighted by atomic mass is 10.1. The van der Waals surface area contributed by atoms with Gasteiger partial charge in [0.05, 0.1) is 5.56 Å². The Balaban J connectivity index is 1.48. The van der Waals surface area contributed by atoms with Crippen molar-refractivity contribution in [1.82, 2.24) is 19.8 Å². The lowest BCUT2D eigenvalue weighted by Crippen LogP contribution is -2.50. The maximum absolute atomic E-state index is 12.9. The van der Waals surface area contributed by atoms with E-state index in [0.29, 0.717) is 50.7 Å². The van der Waals surface area contributed by atoms with E-state index < -0.39 is 0 Å². The van der Waals surface area contributed by atoms with Gasteiger partial charge >= 0.3 is 0 Å². The standard InChI is InChI=1S/C19H22FN5O2/c1-14(26)24-8-10-25(11-9-24)18(27)16-12-22-19(23-13-16)21-7-6-15-2-4-17(20)5-3-15/h2-5,12-13H,6-11H2,1H3,(H,21,22,23). The first-order chi connectivity index (χ1) is 13.0. The summed E-state index contributed by atoms with van der Waals surface area (Å²) in [4.78, 5) is 35.7. The molecule has 2 aromatic rings. The molecule has 1 aliphatic rings. The van der Waals surface area contributed by atoms with Crippen molar-refractivity contribution >= 4 is 17.8 Å². The van der Waals surface area contributed by atoms with Gasteiger partial charge < -0.3 is 15.1 Å². The fourth-order valence-electron chi connectivity index (χ4n) is 2.91. The number of carbonyl (C=O) groups is 2. The van der Waals surface area contributed by atoms with Crippen molar-refractivity contribution in [2.75, 3.05) is 38.0 Å². The molecule has 1 saturated heterocycles. The van der Waals surface area contributed by atoms with Crippen molar-refractivity contribution in [2.45, 2.75) is 13.3 Å². The predicted molar refractivity (Wildman–Crippen MR) is 98.8 cm³/mol. The van der Waals surface area contributed by atoms with Gasteiger partial charge in [0.1, 0.15) is 5.82 Å². The summed E-state index contributed by atoms with van der Waals surface area (Å²) in [6.07, 6.45) is 3.73. The number of benzene rings is 1. The van der Waals surface area contributed by atoms with Gasteiger partial charge in [-0.3, -0.25) is 9.59 Å². The highest BCUT2D eigenvalue weighted by Gasteiger charge is 2.23. The van der Waals surface area contributed by atoms with E-state index in [4.69, 9.17) is 0 Å². The number of nitrogens with zero attached hydrogens (tertiary/aromatic N) is 4. The molecule has 1 N–H and O–H groups in total. The van der Waals surface area contributed by atoms with Crippen molar-refractivity contribution in [3.63, 3.8) is 0 Å². The van der Waals surface area contributed by atoms with Gasteiger partial charge in [-0.2, -0.15) is 0 Å². The van der Waals surface area contributed by atoms with E-state index in [-0.39, 0.29) is 17.6 Å². The summed E-state index contributed by atoms with van der Waals surface area (Å²) in [7, 11) is 0. The second-order valence-corrected chi connectivity index (χ2v) is 6.40. The molecule has 0 atom stereocenters. The molecule has 0 saturated carbocycles. The van der Waals surface area contributed by atoms with E-state index in [1.165, 1.54) is 31.5 Å². The van der Waals surface area contributed by atoms with Crippen molar-refractivity contribution < 1.29 is 14.0 Å². The van der Waals surface area contributed by atoms with Gasteiger partial charge in [-0.05, 0) is 24.1 Å². The molecule has 3 rings (SSSR count). The molecular formula is C19H22FN5O2. The van der Waals surface area contributed by atoms with Crippen LogP contribution in [0, 0.1) is 5.82 Å². The zero-order valence-corrected chi connectivity index (χ0v) is 15.2. The Labute approximate surface area is 157 Å². The van der Waals surface area contributed by atoms with E-state index in [1.54, 1.807) is 21.9 Å². The number of aromatic nitrogens is 2. The minimum Gasteiger partial charge on any atom is -0.354 e. The minimum atomic E-state index is -0.252. The first-order valence-corrected chi connectivity index (χ1v) is 8.88. The molecule has 8 heteroatoms. The Morgan fingerprint density at radius 2 is 1.63 bits per heavy atom. The normalized spacial score (nSPS) is 14.1. The molecule has 1 aromatic heterocycles. The van der Waals surface area contributed by atoms with Gasteiger partial charge in [0.15, 0.2) is 0 Å². The average Bonchev–Trinajstić information content (AvgIpc) is 2.69. The van der Waals surface area contributed by atoms with E-state index >= 15 is 0 Å². The minimum absolute atomic E-state index is 0.0292. The Morgan fingerprint density at radius 1 is 1.04 bits per heavy atom. The molecule has 1 aromatic carbocycles. The average molecular weight is 371 g/mol. The van der Waals surface area contributed by atoms with Crippen LogP contribution in [0.2, 0.25) is 0 Å². The number of hydrogen-bond donors (Lipinski definition) is 1. The third-order valence-corrected chi connectivity index (χ3v) is 4.52. The van der Waals surface area contributed by atoms with Crippen molar-refractivity contribution in [2.24, 2.45) is 0 Å². The SMILES string of the molecule is CC(=O)N1CCN(C(=O)c2cnc(NCCc3ccc(F)cc3)nc2)CC1. The third-order valence-electron chi connectivity index (χ3n) is 4.52. The van der Waals surface area contributed by atoms with Gasteiger partial charge in [-0.25, -0.2) is 14.4 Å². The summed E-state index contributed by atoms with van der Waals surface area (Å²) < 4.78 is 12.9. The Hall–Kier alpha value is -3.03. The summed E-state index contributed by atoms with van der Waals surface area (Å²) in [6.45, 7) is 4.25. The summed E-state index contributed by atoms with van der Waals surface area (Å²) in [5, 5.41) is 3.09. The topological polar surface area (TPSA) is 78.4 Å². The number of amides is 2. The van der Waals surface area contributed by atoms with E-state index in [1.807, 2.05) is 0 Å². The molecule has 1 fully saturated rings. The Kier molecular flexibility index (Phi) is 5.95. The first-order valence-electron chi connectivity index (χ1n) is 8.88. The molecule has 0 radical (unpaired) electrons. The van der Waals surface area contributed by atoms with Crippen LogP contribution in [-0.4, -0.2) is 64.3 Å². The summed E-state index contributed by atoms with van der Waals surface area (Å²) >= 11 is 0. The number of carbonyl (C=O) groups excluding carboxylic acids is 2. The Morgan fingerprint density at radius 3 is 2.22 bits per heavy atom. The molecule has 7 nitrogen and oxygen atoms in total. The second-order valence-electron chi connectivity index (χ2n) is 6.40. The van der Waals surface area contributed by atoms with Gasteiger partial charge in [0.2, 0.25) is 11.9 Å². The smallest absolute Gasteiger partial charge is 0.257 e. The highest BCUT2D eigenvalue weighted by molar-refractivity contribution is 5.93. The lowest BCUT2D eigenvalue weighted by Gasteiger charge is -2.34. The zero-order chi connectivity index (χ0) is 19.2. The fourth-order valence-corrected chi connectivity index (χ4v) is 2.91. The predicted octanol–water partition coefficient (Wildman–Crippen LogP) is 1.57. The van der Waals surface area contributed by atoms with Crippen molar-refractivity contribution in [3.8, 4) is 0 Å². The number of nitrogens with one attached hydrogen (secondary N) is 1. The molecule has 0 bridgehead atoms. The maximum atomic E-state index is 12.9. The molecule has 27 heavy (non-hydrogen) atoms. The Bertz CT molecular complexity index is 787. The van der Waals surface area contributed by atoms with Crippen molar-refractivity contribution in [3.05, 3.63) is 53.6 Å². The number of piperazine rings is 1. The maximum Gasteiger partial charge on any atom is 0.257 e. The molecule has 142 valence electrons. The van der Waals surface area contributed by atoms with Gasteiger partial charge in [-0.15, -0.1) is 0 Å². The summed E-state index contributed by atoms with van der Waals surface area (Å²) in [5.74, 6) is 0.0885. The fraction of sp³-hybridized carbons (Fsp3) is 0.368. The lowest BCUT2D eigenvalue weighted by molar-refractivity contribution is -0.130. The number of halogens is 1. The van der Waals surface area contributed by atoms with Crippen LogP contribution < -0.4 is 5.32 Å². The van der Waals surface area contributed by atoms with Crippen LogP contribution in [0.25, 0.3) is 0 Å². The van der Waals surface area contributed by atoms with Crippen LogP contribution in [0.5, 0.6) is 0 Å². The molecule has 0 unspecified atom stereocenters. The van der Waals surface area contributed by atoms with E-state index in [9.17, 15) is 14.0 Å². The van der Waals surface area contributed by atoms with Gasteiger partial charge in [0, 0.05) is 52.0 Å². The van der Waals surface area contributed by atoms with E-state index in [0.717, 1.165) is 5.56 Å². The van der Waals surface area contributed by atoms with Crippen LogP contribution in [0.4, 0.5) is 10.3 Å². The molecule has 2 heterocycles. The molecule has 2 amide bonds. The summed E-state index contributed by atoms with van der Waals surface area (Å²) in [6, 6.07) is 6.35. The highest BCUT2D eigenvalue weighted by Crippen LogP contribution is 2.09. The largest absolute Gasteiger partial charge is 0.354 e. The van der Waals surface area contributed by atoms with Crippen LogP contribution in [0.15, 0.2) is 36.7 Å². The van der Waals surface area contributed by atoms with Crippen LogP contribution >= 0.6 is 0 Å². The first kappa shape index (κ1) is 18.8. The quantitative estimate of drug-likeness (QED) is 0.863. The van der Waals surface area contributed by atoms with Crippen molar-refractivity contribution in [1.29, 1.82) is 0 Å². The highest BCUT2D eigenvalue weighted by atomic mass is 19.1. The second kappa shape index (κ2) is 8.57. The van der Waals surface area contributed by atoms with Crippen LogP contribution in [0.1, 0.15) is 22.8 Å². The number of anilines is 1. The molecule has 0 aliphatic carbocycles. The molecule has 0 spiro atoms. The van der Waals surface area contributed by atoms with E-state index in [2.05, 4.69) is 15.3 Å². The molecular weight excluding hydrogens is 349 g/mol. The van der Waals surface area contributed by atoms with Gasteiger partial charge in [-0.1, -0.05) is 12.1 Å². The zero-order valence-electron chi connectivity index (χ0n) is 15.2. The number of hydrogen-bond acceptors (Lipinski definition) is 5. The van der Waals surface area contributed by atoms with Gasteiger partial charge in [0.25, 0.3) is 5.91 Å². The van der Waals surface area contributed by atoms with Crippen LogP contribution in [0.3, 0.4) is 0 Å².